The summed E-state index contributed by atoms with van der Waals surface area (Å²) in [5.74, 6) is 0.492. The van der Waals surface area contributed by atoms with Crippen LogP contribution in [0.2, 0.25) is 0 Å². The zero-order valence-electron chi connectivity index (χ0n) is 11.6. The number of carbonyl (C=O) groups is 1. The standard InChI is InChI=1S/C15H13N3O2S/c1-9(19)17-11-4-5-12-13(7-11)21-15(18-12)10-3-6-14(20-2)16-8-10/h3-8H,1-2H3,(H,17,19). The third-order valence-corrected chi connectivity index (χ3v) is 3.97. The number of amides is 1. The highest BCUT2D eigenvalue weighted by molar-refractivity contribution is 7.21. The molecule has 106 valence electrons. The van der Waals surface area contributed by atoms with Crippen molar-refractivity contribution in [2.24, 2.45) is 0 Å². The summed E-state index contributed by atoms with van der Waals surface area (Å²) in [6.07, 6.45) is 1.74. The first kappa shape index (κ1) is 13.5. The van der Waals surface area contributed by atoms with Crippen LogP contribution in [0.5, 0.6) is 5.88 Å². The van der Waals surface area contributed by atoms with Gasteiger partial charge in [0, 0.05) is 30.4 Å². The number of thiazole rings is 1. The summed E-state index contributed by atoms with van der Waals surface area (Å²) in [5, 5.41) is 3.66. The predicted molar refractivity (Wildman–Crippen MR) is 83.7 cm³/mol. The first-order chi connectivity index (χ1) is 10.2. The molecule has 0 unspecified atom stereocenters. The molecule has 0 aliphatic heterocycles. The highest BCUT2D eigenvalue weighted by Crippen LogP contribution is 2.31. The molecule has 0 saturated carbocycles. The number of aromatic nitrogens is 2. The molecule has 0 fully saturated rings. The van der Waals surface area contributed by atoms with Crippen LogP contribution in [0.3, 0.4) is 0 Å². The summed E-state index contributed by atoms with van der Waals surface area (Å²) in [7, 11) is 1.59. The Morgan fingerprint density at radius 1 is 1.29 bits per heavy atom. The van der Waals surface area contributed by atoms with Crippen LogP contribution in [0.4, 0.5) is 5.69 Å². The number of carbonyl (C=O) groups excluding carboxylic acids is 1. The van der Waals surface area contributed by atoms with Gasteiger partial charge in [0.1, 0.15) is 5.01 Å². The van der Waals surface area contributed by atoms with Gasteiger partial charge < -0.3 is 10.1 Å². The molecule has 1 amide bonds. The molecule has 21 heavy (non-hydrogen) atoms. The number of ether oxygens (including phenoxy) is 1. The molecule has 5 nitrogen and oxygen atoms in total. The van der Waals surface area contributed by atoms with Crippen molar-refractivity contribution >= 4 is 33.1 Å². The fraction of sp³-hybridized carbons (Fsp3) is 0.133. The Kier molecular flexibility index (Phi) is 3.53. The second-order valence-electron chi connectivity index (χ2n) is 4.47. The molecular formula is C15H13N3O2S. The van der Waals surface area contributed by atoms with Crippen molar-refractivity contribution in [2.45, 2.75) is 6.92 Å². The summed E-state index contributed by atoms with van der Waals surface area (Å²) >= 11 is 1.56. The average Bonchev–Trinajstić information content (AvgIpc) is 2.90. The fourth-order valence-electron chi connectivity index (χ4n) is 1.96. The number of benzene rings is 1. The fourth-order valence-corrected chi connectivity index (χ4v) is 2.95. The Morgan fingerprint density at radius 3 is 2.81 bits per heavy atom. The normalized spacial score (nSPS) is 10.6. The molecule has 0 aliphatic carbocycles. The summed E-state index contributed by atoms with van der Waals surface area (Å²) in [6, 6.07) is 9.41. The Balaban J connectivity index is 1.97. The van der Waals surface area contributed by atoms with E-state index in [9.17, 15) is 4.79 Å². The molecule has 1 N–H and O–H groups in total. The third-order valence-electron chi connectivity index (χ3n) is 2.90. The minimum atomic E-state index is -0.0848. The van der Waals surface area contributed by atoms with E-state index in [1.165, 1.54) is 6.92 Å². The van der Waals surface area contributed by atoms with E-state index < -0.39 is 0 Å². The zero-order chi connectivity index (χ0) is 14.8. The third kappa shape index (κ3) is 2.85. The lowest BCUT2D eigenvalue weighted by Crippen LogP contribution is -2.05. The number of hydrogen-bond donors (Lipinski definition) is 1. The number of nitrogens with zero attached hydrogens (tertiary/aromatic N) is 2. The van der Waals surface area contributed by atoms with Gasteiger partial charge in [-0.05, 0) is 24.3 Å². The van der Waals surface area contributed by atoms with Crippen molar-refractivity contribution in [2.75, 3.05) is 12.4 Å². The first-order valence-electron chi connectivity index (χ1n) is 6.34. The summed E-state index contributed by atoms with van der Waals surface area (Å²) in [5.41, 5.74) is 2.62. The molecule has 6 heteroatoms. The molecule has 0 radical (unpaired) electrons. The number of methoxy groups -OCH3 is 1. The van der Waals surface area contributed by atoms with Gasteiger partial charge in [-0.15, -0.1) is 11.3 Å². The van der Waals surface area contributed by atoms with Crippen molar-refractivity contribution in [3.8, 4) is 16.5 Å². The lowest BCUT2D eigenvalue weighted by molar-refractivity contribution is -0.114. The van der Waals surface area contributed by atoms with Crippen molar-refractivity contribution < 1.29 is 9.53 Å². The Labute approximate surface area is 125 Å². The van der Waals surface area contributed by atoms with Gasteiger partial charge in [0.25, 0.3) is 0 Å². The van der Waals surface area contributed by atoms with E-state index in [0.29, 0.717) is 5.88 Å². The van der Waals surface area contributed by atoms with Gasteiger partial charge in [0.05, 0.1) is 17.3 Å². The number of hydrogen-bond acceptors (Lipinski definition) is 5. The van der Waals surface area contributed by atoms with Gasteiger partial charge in [-0.2, -0.15) is 0 Å². The molecular weight excluding hydrogens is 286 g/mol. The molecule has 0 aliphatic rings. The van der Waals surface area contributed by atoms with Crippen molar-refractivity contribution in [1.82, 2.24) is 9.97 Å². The van der Waals surface area contributed by atoms with Crippen LogP contribution < -0.4 is 10.1 Å². The van der Waals surface area contributed by atoms with Crippen LogP contribution in [0.1, 0.15) is 6.92 Å². The smallest absolute Gasteiger partial charge is 0.221 e. The van der Waals surface area contributed by atoms with Gasteiger partial charge in [-0.1, -0.05) is 0 Å². The van der Waals surface area contributed by atoms with E-state index in [1.54, 1.807) is 24.6 Å². The first-order valence-corrected chi connectivity index (χ1v) is 7.16. The Morgan fingerprint density at radius 2 is 2.14 bits per heavy atom. The van der Waals surface area contributed by atoms with E-state index in [-0.39, 0.29) is 5.91 Å². The molecule has 0 atom stereocenters. The number of anilines is 1. The second-order valence-corrected chi connectivity index (χ2v) is 5.50. The number of fused-ring (bicyclic) bond motifs is 1. The molecule has 1 aromatic carbocycles. The zero-order valence-corrected chi connectivity index (χ0v) is 12.4. The van der Waals surface area contributed by atoms with Gasteiger partial charge in [-0.3, -0.25) is 4.79 Å². The molecule has 2 heterocycles. The van der Waals surface area contributed by atoms with Crippen molar-refractivity contribution in [3.05, 3.63) is 36.5 Å². The SMILES string of the molecule is COc1ccc(-c2nc3ccc(NC(C)=O)cc3s2)cn1. The molecule has 3 rings (SSSR count). The van der Waals surface area contributed by atoms with Gasteiger partial charge >= 0.3 is 0 Å². The minimum Gasteiger partial charge on any atom is -0.481 e. The minimum absolute atomic E-state index is 0.0848. The van der Waals surface area contributed by atoms with E-state index in [4.69, 9.17) is 4.74 Å². The Hall–Kier alpha value is -2.47. The van der Waals surface area contributed by atoms with E-state index >= 15 is 0 Å². The number of nitrogens with one attached hydrogen (secondary N) is 1. The van der Waals surface area contributed by atoms with Crippen LogP contribution in [0.25, 0.3) is 20.8 Å². The summed E-state index contributed by atoms with van der Waals surface area (Å²) in [6.45, 7) is 1.49. The summed E-state index contributed by atoms with van der Waals surface area (Å²) < 4.78 is 6.07. The second kappa shape index (κ2) is 5.49. The largest absolute Gasteiger partial charge is 0.481 e. The molecule has 3 aromatic rings. The van der Waals surface area contributed by atoms with Gasteiger partial charge in [-0.25, -0.2) is 9.97 Å². The highest BCUT2D eigenvalue weighted by atomic mass is 32.1. The predicted octanol–water partition coefficient (Wildman–Crippen LogP) is 3.33. The lowest BCUT2D eigenvalue weighted by atomic mass is 10.3. The lowest BCUT2D eigenvalue weighted by Gasteiger charge is -1.99. The average molecular weight is 299 g/mol. The van der Waals surface area contributed by atoms with E-state index in [0.717, 1.165) is 26.5 Å². The van der Waals surface area contributed by atoms with Crippen molar-refractivity contribution in [1.29, 1.82) is 0 Å². The van der Waals surface area contributed by atoms with Crippen LogP contribution in [0, 0.1) is 0 Å². The molecule has 2 aromatic heterocycles. The maximum atomic E-state index is 11.1. The van der Waals surface area contributed by atoms with Crippen LogP contribution in [-0.2, 0) is 4.79 Å². The van der Waals surface area contributed by atoms with Gasteiger partial charge in [0.15, 0.2) is 0 Å². The summed E-state index contributed by atoms with van der Waals surface area (Å²) in [4.78, 5) is 19.9. The van der Waals surface area contributed by atoms with Crippen LogP contribution >= 0.6 is 11.3 Å². The quantitative estimate of drug-likeness (QED) is 0.805. The molecule has 0 bridgehead atoms. The van der Waals surface area contributed by atoms with Crippen molar-refractivity contribution in [3.63, 3.8) is 0 Å². The Bertz CT molecular complexity index is 796. The topological polar surface area (TPSA) is 64.1 Å². The van der Waals surface area contributed by atoms with E-state index in [1.807, 2.05) is 30.3 Å². The number of rotatable bonds is 3. The van der Waals surface area contributed by atoms with Crippen LogP contribution in [-0.4, -0.2) is 23.0 Å². The van der Waals surface area contributed by atoms with Crippen LogP contribution in [0.15, 0.2) is 36.5 Å². The molecule has 0 saturated heterocycles. The monoisotopic (exact) mass is 299 g/mol. The number of pyridine rings is 1. The maximum Gasteiger partial charge on any atom is 0.221 e. The van der Waals surface area contributed by atoms with Gasteiger partial charge in [0.2, 0.25) is 11.8 Å². The van der Waals surface area contributed by atoms with E-state index in [2.05, 4.69) is 15.3 Å². The molecule has 0 spiro atoms. The highest BCUT2D eigenvalue weighted by Gasteiger charge is 2.08. The maximum absolute atomic E-state index is 11.1.